The molecule has 3 heterocycles. The molecule has 0 aromatic carbocycles. The van der Waals surface area contributed by atoms with Crippen LogP contribution < -0.4 is 0 Å². The smallest absolute Gasteiger partial charge is 0.141 e. The summed E-state index contributed by atoms with van der Waals surface area (Å²) in [6.45, 7) is 0. The van der Waals surface area contributed by atoms with Crippen LogP contribution in [0, 0.1) is 0 Å². The third kappa shape index (κ3) is 0.922. The third-order valence-corrected chi connectivity index (χ3v) is 2.06. The van der Waals surface area contributed by atoms with Gasteiger partial charge in [-0.05, 0) is 12.1 Å². The standard InChI is InChI=1S/C9H7N5/c1-2-8-11-4-5-13(8)9(3-1)14-7-10-6-12-14/h1-7H. The Morgan fingerprint density at radius 2 is 2.21 bits per heavy atom. The predicted octanol–water partition coefficient (Wildman–Crippen LogP) is 0.915. The van der Waals surface area contributed by atoms with Crippen LogP contribution >= 0.6 is 0 Å². The first-order chi connectivity index (χ1) is 6.95. The van der Waals surface area contributed by atoms with Crippen LogP contribution in [0.2, 0.25) is 0 Å². The molecule has 0 fully saturated rings. The second-order valence-electron chi connectivity index (χ2n) is 2.88. The average Bonchev–Trinajstić information content (AvgIpc) is 2.88. The van der Waals surface area contributed by atoms with Crippen LogP contribution in [-0.4, -0.2) is 24.1 Å². The molecule has 3 aromatic rings. The zero-order valence-corrected chi connectivity index (χ0v) is 7.28. The number of pyridine rings is 1. The molecule has 0 radical (unpaired) electrons. The molecule has 0 aliphatic heterocycles. The molecular formula is C9H7N5. The first kappa shape index (κ1) is 7.25. The van der Waals surface area contributed by atoms with Gasteiger partial charge in [0.25, 0.3) is 0 Å². The average molecular weight is 185 g/mol. The molecular weight excluding hydrogens is 178 g/mol. The van der Waals surface area contributed by atoms with Gasteiger partial charge in [0.2, 0.25) is 0 Å². The highest BCUT2D eigenvalue weighted by molar-refractivity contribution is 5.43. The largest absolute Gasteiger partial charge is 0.284 e. The van der Waals surface area contributed by atoms with Gasteiger partial charge in [-0.3, -0.25) is 4.40 Å². The fourth-order valence-corrected chi connectivity index (χ4v) is 1.45. The van der Waals surface area contributed by atoms with E-state index in [2.05, 4.69) is 15.1 Å². The lowest BCUT2D eigenvalue weighted by Gasteiger charge is -2.03. The van der Waals surface area contributed by atoms with E-state index in [0.29, 0.717) is 0 Å². The maximum Gasteiger partial charge on any atom is 0.141 e. The minimum atomic E-state index is 0.901. The molecule has 0 atom stereocenters. The molecule has 3 rings (SSSR count). The molecule has 3 aromatic heterocycles. The Morgan fingerprint density at radius 3 is 3.07 bits per heavy atom. The Kier molecular flexibility index (Phi) is 1.38. The maximum absolute atomic E-state index is 4.19. The second-order valence-corrected chi connectivity index (χ2v) is 2.88. The van der Waals surface area contributed by atoms with Gasteiger partial charge in [0, 0.05) is 12.4 Å². The molecule has 5 nitrogen and oxygen atoms in total. The van der Waals surface area contributed by atoms with Gasteiger partial charge in [0.1, 0.15) is 24.1 Å². The highest BCUT2D eigenvalue weighted by atomic mass is 15.4. The monoisotopic (exact) mass is 185 g/mol. The van der Waals surface area contributed by atoms with E-state index < -0.39 is 0 Å². The van der Waals surface area contributed by atoms with Gasteiger partial charge in [-0.15, -0.1) is 0 Å². The summed E-state index contributed by atoms with van der Waals surface area (Å²) < 4.78 is 3.66. The van der Waals surface area contributed by atoms with Crippen molar-refractivity contribution >= 4 is 5.65 Å². The Labute approximate surface area is 79.7 Å². The van der Waals surface area contributed by atoms with Gasteiger partial charge < -0.3 is 0 Å². The minimum absolute atomic E-state index is 0.901. The summed E-state index contributed by atoms with van der Waals surface area (Å²) in [6.07, 6.45) is 6.83. The number of hydrogen-bond donors (Lipinski definition) is 0. The number of nitrogens with zero attached hydrogens (tertiary/aromatic N) is 5. The highest BCUT2D eigenvalue weighted by Gasteiger charge is 2.01. The fourth-order valence-electron chi connectivity index (χ4n) is 1.45. The molecule has 0 saturated carbocycles. The van der Waals surface area contributed by atoms with E-state index in [0.717, 1.165) is 11.5 Å². The van der Waals surface area contributed by atoms with Crippen molar-refractivity contribution in [2.45, 2.75) is 0 Å². The van der Waals surface area contributed by atoms with Crippen molar-refractivity contribution in [3.05, 3.63) is 43.2 Å². The molecule has 0 aliphatic carbocycles. The van der Waals surface area contributed by atoms with Crippen molar-refractivity contribution in [2.24, 2.45) is 0 Å². The molecule has 0 amide bonds. The van der Waals surface area contributed by atoms with Crippen LogP contribution in [0.4, 0.5) is 0 Å². The lowest BCUT2D eigenvalue weighted by Crippen LogP contribution is -2.01. The summed E-state index contributed by atoms with van der Waals surface area (Å²) >= 11 is 0. The van der Waals surface area contributed by atoms with E-state index in [4.69, 9.17) is 0 Å². The zero-order chi connectivity index (χ0) is 9.38. The van der Waals surface area contributed by atoms with Crippen molar-refractivity contribution in [3.63, 3.8) is 0 Å². The number of imidazole rings is 1. The zero-order valence-electron chi connectivity index (χ0n) is 7.28. The maximum atomic E-state index is 4.19. The van der Waals surface area contributed by atoms with Gasteiger partial charge in [-0.25, -0.2) is 14.6 Å². The van der Waals surface area contributed by atoms with E-state index in [1.54, 1.807) is 17.2 Å². The van der Waals surface area contributed by atoms with Gasteiger partial charge >= 0.3 is 0 Å². The highest BCUT2D eigenvalue weighted by Crippen LogP contribution is 2.08. The fraction of sp³-hybridized carbons (Fsp3) is 0. The SMILES string of the molecule is c1cc(-n2cncn2)n2ccnc2c1. The van der Waals surface area contributed by atoms with Crippen LogP contribution in [0.3, 0.4) is 0 Å². The number of hydrogen-bond acceptors (Lipinski definition) is 3. The Hall–Kier alpha value is -2.17. The molecule has 0 aliphatic rings. The first-order valence-electron chi connectivity index (χ1n) is 4.22. The normalized spacial score (nSPS) is 10.9. The second kappa shape index (κ2) is 2.66. The lowest BCUT2D eigenvalue weighted by atomic mass is 10.4. The summed E-state index contributed by atoms with van der Waals surface area (Å²) in [7, 11) is 0. The van der Waals surface area contributed by atoms with Crippen LogP contribution in [0.25, 0.3) is 11.5 Å². The molecule has 0 bridgehead atoms. The van der Waals surface area contributed by atoms with E-state index in [1.807, 2.05) is 28.8 Å². The summed E-state index contributed by atoms with van der Waals surface area (Å²) in [5, 5.41) is 4.07. The quantitative estimate of drug-likeness (QED) is 0.566. The molecule has 0 N–H and O–H groups in total. The molecule has 0 spiro atoms. The molecule has 0 saturated heterocycles. The van der Waals surface area contributed by atoms with Crippen molar-refractivity contribution in [2.75, 3.05) is 0 Å². The number of fused-ring (bicyclic) bond motifs is 1. The van der Waals surface area contributed by atoms with Crippen LogP contribution in [0.5, 0.6) is 0 Å². The minimum Gasteiger partial charge on any atom is -0.284 e. The summed E-state index contributed by atoms with van der Waals surface area (Å²) in [5.74, 6) is 0.928. The van der Waals surface area contributed by atoms with Gasteiger partial charge in [-0.1, -0.05) is 6.07 Å². The lowest BCUT2D eigenvalue weighted by molar-refractivity contribution is 0.828. The van der Waals surface area contributed by atoms with Crippen LogP contribution in [-0.2, 0) is 0 Å². The Balaban J connectivity index is 2.36. The van der Waals surface area contributed by atoms with Crippen LogP contribution in [0.1, 0.15) is 0 Å². The molecule has 0 unspecified atom stereocenters. The van der Waals surface area contributed by atoms with E-state index in [-0.39, 0.29) is 0 Å². The van der Waals surface area contributed by atoms with Crippen molar-refractivity contribution < 1.29 is 0 Å². The van der Waals surface area contributed by atoms with E-state index >= 15 is 0 Å². The summed E-state index contributed by atoms with van der Waals surface area (Å²) in [5.41, 5.74) is 0.901. The van der Waals surface area contributed by atoms with Crippen molar-refractivity contribution in [1.82, 2.24) is 24.1 Å². The molecule has 14 heavy (non-hydrogen) atoms. The number of rotatable bonds is 1. The molecule has 68 valence electrons. The van der Waals surface area contributed by atoms with E-state index in [9.17, 15) is 0 Å². The van der Waals surface area contributed by atoms with E-state index in [1.165, 1.54) is 6.33 Å². The third-order valence-electron chi connectivity index (χ3n) is 2.06. The summed E-state index contributed by atoms with van der Waals surface area (Å²) in [6, 6.07) is 5.85. The Morgan fingerprint density at radius 1 is 1.21 bits per heavy atom. The van der Waals surface area contributed by atoms with Crippen molar-refractivity contribution in [1.29, 1.82) is 0 Å². The van der Waals surface area contributed by atoms with Gasteiger partial charge in [0.15, 0.2) is 0 Å². The predicted molar refractivity (Wildman–Crippen MR) is 50.1 cm³/mol. The Bertz CT molecular complexity index is 551. The summed E-state index contributed by atoms with van der Waals surface area (Å²) in [4.78, 5) is 8.10. The molecule has 5 heteroatoms. The topological polar surface area (TPSA) is 48.0 Å². The van der Waals surface area contributed by atoms with Crippen molar-refractivity contribution in [3.8, 4) is 5.82 Å². The van der Waals surface area contributed by atoms with Gasteiger partial charge in [-0.2, -0.15) is 5.10 Å². The number of aromatic nitrogens is 5. The van der Waals surface area contributed by atoms with Gasteiger partial charge in [0.05, 0.1) is 0 Å². The first-order valence-corrected chi connectivity index (χ1v) is 4.22. The van der Waals surface area contributed by atoms with Crippen LogP contribution in [0.15, 0.2) is 43.2 Å².